The van der Waals surface area contributed by atoms with E-state index in [1.807, 2.05) is 32.0 Å². The summed E-state index contributed by atoms with van der Waals surface area (Å²) in [6, 6.07) is 18.6. The molecule has 0 aliphatic rings. The molecule has 0 atom stereocenters. The first-order valence-electron chi connectivity index (χ1n) is 10.4. The largest absolute Gasteiger partial charge is 0.423 e. The van der Waals surface area contributed by atoms with Crippen LogP contribution in [0.1, 0.15) is 46.8 Å². The van der Waals surface area contributed by atoms with Gasteiger partial charge in [0.2, 0.25) is 0 Å². The Morgan fingerprint density at radius 1 is 0.941 bits per heavy atom. The summed E-state index contributed by atoms with van der Waals surface area (Å²) in [7, 11) is -4.02. The van der Waals surface area contributed by atoms with Gasteiger partial charge in [-0.05, 0) is 61.2 Å². The summed E-state index contributed by atoms with van der Waals surface area (Å²) in [6.45, 7) is 7.90. The summed E-state index contributed by atoms with van der Waals surface area (Å²) in [4.78, 5) is 16.4. The lowest BCUT2D eigenvalue weighted by molar-refractivity contribution is 0.0733. The molecule has 0 spiro atoms. The van der Waals surface area contributed by atoms with Crippen molar-refractivity contribution < 1.29 is 22.5 Å². The van der Waals surface area contributed by atoms with Gasteiger partial charge >= 0.3 is 5.97 Å². The number of carbonyl (C=O) groups excluding carboxylic acids is 1. The molecular formula is C25H29N3O5S. The first kappa shape index (κ1) is 26.6. The molecule has 0 amide bonds. The van der Waals surface area contributed by atoms with Gasteiger partial charge in [0, 0.05) is 0 Å². The van der Waals surface area contributed by atoms with E-state index in [4.69, 9.17) is 20.8 Å². The van der Waals surface area contributed by atoms with Crippen molar-refractivity contribution in [2.45, 2.75) is 38.5 Å². The van der Waals surface area contributed by atoms with Crippen LogP contribution in [0, 0.1) is 13.8 Å². The second-order valence-corrected chi connectivity index (χ2v) is 9.35. The van der Waals surface area contributed by atoms with Crippen LogP contribution in [0.4, 0.5) is 5.69 Å². The van der Waals surface area contributed by atoms with E-state index in [0.717, 1.165) is 16.7 Å². The monoisotopic (exact) mass is 483 g/mol. The molecule has 0 bridgehead atoms. The topological polar surface area (TPSA) is 145 Å². The predicted octanol–water partition coefficient (Wildman–Crippen LogP) is 4.48. The third kappa shape index (κ3) is 7.72. The van der Waals surface area contributed by atoms with Crippen LogP contribution in [0.2, 0.25) is 0 Å². The molecule has 34 heavy (non-hydrogen) atoms. The summed E-state index contributed by atoms with van der Waals surface area (Å²) in [5.41, 5.74) is 14.5. The van der Waals surface area contributed by atoms with E-state index >= 15 is 0 Å². The quantitative estimate of drug-likeness (QED) is 0.159. The van der Waals surface area contributed by atoms with Crippen LogP contribution in [-0.2, 0) is 10.1 Å². The molecule has 3 aromatic rings. The number of ether oxygens (including phenoxy) is 1. The number of para-hydroxylation sites is 1. The van der Waals surface area contributed by atoms with Crippen molar-refractivity contribution in [1.29, 1.82) is 0 Å². The van der Waals surface area contributed by atoms with Gasteiger partial charge in [0.1, 0.15) is 5.75 Å². The average molecular weight is 484 g/mol. The molecule has 3 rings (SSSR count). The van der Waals surface area contributed by atoms with Crippen LogP contribution in [0.25, 0.3) is 0 Å². The Hall–Kier alpha value is -3.69. The molecule has 5 N–H and O–H groups in total. The summed E-state index contributed by atoms with van der Waals surface area (Å²) in [5.74, 6) is 0.206. The lowest BCUT2D eigenvalue weighted by atomic mass is 10.0. The smallest absolute Gasteiger partial charge is 0.345 e. The van der Waals surface area contributed by atoms with E-state index < -0.39 is 16.1 Å². The Morgan fingerprint density at radius 2 is 1.53 bits per heavy atom. The highest BCUT2D eigenvalue weighted by Gasteiger charge is 2.16. The number of nitrogens with two attached hydrogens (primary N) is 2. The van der Waals surface area contributed by atoms with E-state index in [2.05, 4.69) is 18.8 Å². The molecular weight excluding hydrogens is 454 g/mol. The number of rotatable bonds is 5. The zero-order valence-corrected chi connectivity index (χ0v) is 20.3. The summed E-state index contributed by atoms with van der Waals surface area (Å²) in [5, 5.41) is 0. The summed E-state index contributed by atoms with van der Waals surface area (Å²) < 4.78 is 35.2. The number of nitrogens with zero attached hydrogens (tertiary/aromatic N) is 1. The molecule has 180 valence electrons. The lowest BCUT2D eigenvalue weighted by Crippen LogP contribution is -2.22. The number of carbonyl (C=O) groups is 1. The normalized spacial score (nSPS) is 10.8. The third-order valence-corrected chi connectivity index (χ3v) is 5.55. The van der Waals surface area contributed by atoms with Crippen molar-refractivity contribution in [3.8, 4) is 5.75 Å². The van der Waals surface area contributed by atoms with Gasteiger partial charge in [-0.15, -0.1) is 0 Å². The van der Waals surface area contributed by atoms with Crippen LogP contribution in [0.15, 0.2) is 76.6 Å². The van der Waals surface area contributed by atoms with Crippen molar-refractivity contribution in [2.75, 3.05) is 0 Å². The van der Waals surface area contributed by atoms with Gasteiger partial charge in [-0.2, -0.15) is 8.42 Å². The number of aliphatic imine (C=N–C) groups is 1. The van der Waals surface area contributed by atoms with Crippen molar-refractivity contribution in [2.24, 2.45) is 16.5 Å². The Morgan fingerprint density at radius 3 is 2.09 bits per heavy atom. The Kier molecular flexibility index (Phi) is 8.94. The first-order valence-corrected chi connectivity index (χ1v) is 11.9. The molecule has 0 unspecified atom stereocenters. The summed E-state index contributed by atoms with van der Waals surface area (Å²) in [6.07, 6.45) is 0. The Bertz CT molecular complexity index is 1280. The van der Waals surface area contributed by atoms with Gasteiger partial charge in [0.05, 0.1) is 16.1 Å². The number of esters is 1. The SMILES string of the molecule is Cc1ccc(C(C)C)c(OC(=O)c2ccccc2N=C(N)N)c1.Cc1ccc(S(=O)(=O)O)cc1. The van der Waals surface area contributed by atoms with Gasteiger partial charge in [-0.3, -0.25) is 4.55 Å². The Labute approximate surface area is 200 Å². The number of aryl methyl sites for hydroxylation is 2. The highest BCUT2D eigenvalue weighted by molar-refractivity contribution is 7.85. The number of hydrogen-bond acceptors (Lipinski definition) is 5. The molecule has 0 saturated carbocycles. The van der Waals surface area contributed by atoms with Crippen LogP contribution in [-0.4, -0.2) is 24.9 Å². The maximum Gasteiger partial charge on any atom is 0.345 e. The van der Waals surface area contributed by atoms with E-state index in [9.17, 15) is 13.2 Å². The minimum absolute atomic E-state index is 0.0666. The molecule has 0 radical (unpaired) electrons. The van der Waals surface area contributed by atoms with Crippen molar-refractivity contribution in [3.63, 3.8) is 0 Å². The molecule has 0 saturated heterocycles. The van der Waals surface area contributed by atoms with Crippen molar-refractivity contribution in [3.05, 3.63) is 89.0 Å². The number of hydrogen-bond donors (Lipinski definition) is 3. The summed E-state index contributed by atoms with van der Waals surface area (Å²) >= 11 is 0. The van der Waals surface area contributed by atoms with E-state index in [1.54, 1.807) is 36.4 Å². The van der Waals surface area contributed by atoms with Crippen LogP contribution >= 0.6 is 0 Å². The fraction of sp³-hybridized carbons (Fsp3) is 0.200. The molecule has 0 aromatic heterocycles. The minimum atomic E-state index is -4.02. The second-order valence-electron chi connectivity index (χ2n) is 7.93. The molecule has 0 aliphatic carbocycles. The van der Waals surface area contributed by atoms with Gasteiger partial charge in [-0.25, -0.2) is 9.79 Å². The fourth-order valence-corrected chi connectivity index (χ4v) is 3.43. The highest BCUT2D eigenvalue weighted by Crippen LogP contribution is 2.29. The molecule has 9 heteroatoms. The van der Waals surface area contributed by atoms with Crippen LogP contribution < -0.4 is 16.2 Å². The lowest BCUT2D eigenvalue weighted by Gasteiger charge is -2.14. The second kappa shape index (κ2) is 11.4. The van der Waals surface area contributed by atoms with Crippen molar-refractivity contribution in [1.82, 2.24) is 0 Å². The zero-order valence-electron chi connectivity index (χ0n) is 19.5. The van der Waals surface area contributed by atoms with Crippen LogP contribution in [0.5, 0.6) is 5.75 Å². The standard InChI is InChI=1S/C18H21N3O2.C7H8O3S/c1-11(2)13-9-8-12(3)10-16(13)23-17(22)14-6-4-5-7-15(14)21-18(19)20;1-6-2-4-7(5-3-6)11(8,9)10/h4-11H,1-3H3,(H4,19,20,21);2-5H,1H3,(H,8,9,10). The van der Waals surface area contributed by atoms with Gasteiger partial charge in [0.15, 0.2) is 5.96 Å². The molecule has 0 fully saturated rings. The maximum atomic E-state index is 12.5. The highest BCUT2D eigenvalue weighted by atomic mass is 32.2. The average Bonchev–Trinajstić information content (AvgIpc) is 2.73. The number of benzene rings is 3. The predicted molar refractivity (Wildman–Crippen MR) is 133 cm³/mol. The van der Waals surface area contributed by atoms with Gasteiger partial charge in [-0.1, -0.05) is 55.8 Å². The van der Waals surface area contributed by atoms with Gasteiger partial charge in [0.25, 0.3) is 10.1 Å². The van der Waals surface area contributed by atoms with E-state index in [0.29, 0.717) is 17.0 Å². The van der Waals surface area contributed by atoms with E-state index in [-0.39, 0.29) is 16.8 Å². The molecule has 8 nitrogen and oxygen atoms in total. The fourth-order valence-electron chi connectivity index (χ4n) is 2.95. The van der Waals surface area contributed by atoms with E-state index in [1.165, 1.54) is 12.1 Å². The first-order chi connectivity index (χ1) is 15.9. The van der Waals surface area contributed by atoms with Crippen LogP contribution in [0.3, 0.4) is 0 Å². The maximum absolute atomic E-state index is 12.5. The number of guanidine groups is 1. The molecule has 3 aromatic carbocycles. The van der Waals surface area contributed by atoms with Crippen molar-refractivity contribution >= 4 is 27.7 Å². The molecule has 0 heterocycles. The zero-order chi connectivity index (χ0) is 25.5. The Balaban J connectivity index is 0.000000310. The third-order valence-electron chi connectivity index (χ3n) is 4.69. The van der Waals surface area contributed by atoms with Gasteiger partial charge < -0.3 is 16.2 Å². The molecule has 0 aliphatic heterocycles. The minimum Gasteiger partial charge on any atom is -0.423 e.